The molecule has 5 nitrogen and oxygen atoms in total. The number of imide groups is 1. The highest BCUT2D eigenvalue weighted by atomic mass is 35.5. The second-order valence-electron chi connectivity index (χ2n) is 4.91. The summed E-state index contributed by atoms with van der Waals surface area (Å²) in [6, 6.07) is 13.5. The summed E-state index contributed by atoms with van der Waals surface area (Å²) in [5, 5.41) is 5.56. The van der Waals surface area contributed by atoms with Gasteiger partial charge < -0.3 is 10.1 Å². The fraction of sp³-hybridized carbons (Fsp3) is 0.125. The monoisotopic (exact) mass is 316 g/mol. The van der Waals surface area contributed by atoms with Crippen molar-refractivity contribution in [3.05, 3.63) is 59.1 Å². The number of ether oxygens (including phenoxy) is 1. The molecule has 0 saturated carbocycles. The topological polar surface area (TPSA) is 67.4 Å². The van der Waals surface area contributed by atoms with E-state index in [0.717, 1.165) is 5.56 Å². The lowest BCUT2D eigenvalue weighted by atomic mass is 10.0. The highest BCUT2D eigenvalue weighted by molar-refractivity contribution is 6.30. The van der Waals surface area contributed by atoms with Gasteiger partial charge in [-0.1, -0.05) is 23.7 Å². The first-order valence-corrected chi connectivity index (χ1v) is 7.12. The number of benzene rings is 2. The van der Waals surface area contributed by atoms with E-state index in [1.165, 1.54) is 0 Å². The average molecular weight is 317 g/mol. The number of halogens is 1. The molecule has 2 N–H and O–H groups in total. The first-order chi connectivity index (χ1) is 10.6. The SMILES string of the molecule is O=C1CC(c2cccc(Oc3ccc(Cl)cc3)c2)NC(=O)N1. The quantitative estimate of drug-likeness (QED) is 0.912. The van der Waals surface area contributed by atoms with Crippen LogP contribution in [0.25, 0.3) is 0 Å². The van der Waals surface area contributed by atoms with Crippen LogP contribution in [0, 0.1) is 0 Å². The van der Waals surface area contributed by atoms with Gasteiger partial charge in [-0.2, -0.15) is 0 Å². The fourth-order valence-electron chi connectivity index (χ4n) is 2.24. The average Bonchev–Trinajstić information content (AvgIpc) is 2.49. The molecule has 1 heterocycles. The van der Waals surface area contributed by atoms with Crippen molar-refractivity contribution in [2.45, 2.75) is 12.5 Å². The number of urea groups is 1. The van der Waals surface area contributed by atoms with Crippen LogP contribution in [0.1, 0.15) is 18.0 Å². The summed E-state index contributed by atoms with van der Waals surface area (Å²) in [5.41, 5.74) is 0.815. The van der Waals surface area contributed by atoms with E-state index < -0.39 is 6.03 Å². The molecule has 1 saturated heterocycles. The van der Waals surface area contributed by atoms with E-state index in [4.69, 9.17) is 16.3 Å². The van der Waals surface area contributed by atoms with E-state index in [2.05, 4.69) is 10.6 Å². The van der Waals surface area contributed by atoms with Gasteiger partial charge >= 0.3 is 6.03 Å². The number of hydrogen-bond donors (Lipinski definition) is 2. The summed E-state index contributed by atoms with van der Waals surface area (Å²) in [5.74, 6) is 0.991. The molecule has 0 radical (unpaired) electrons. The molecule has 0 spiro atoms. The Morgan fingerprint density at radius 2 is 1.82 bits per heavy atom. The Morgan fingerprint density at radius 3 is 2.55 bits per heavy atom. The van der Waals surface area contributed by atoms with Crippen LogP contribution in [0.5, 0.6) is 11.5 Å². The van der Waals surface area contributed by atoms with Crippen molar-refractivity contribution in [2.24, 2.45) is 0 Å². The number of nitrogens with one attached hydrogen (secondary N) is 2. The molecule has 1 unspecified atom stereocenters. The minimum atomic E-state index is -0.481. The third-order valence-corrected chi connectivity index (χ3v) is 3.51. The molecule has 1 aliphatic rings. The van der Waals surface area contributed by atoms with Crippen LogP contribution in [0.3, 0.4) is 0 Å². The van der Waals surface area contributed by atoms with Crippen molar-refractivity contribution in [1.29, 1.82) is 0 Å². The zero-order valence-electron chi connectivity index (χ0n) is 11.5. The fourth-order valence-corrected chi connectivity index (χ4v) is 2.37. The summed E-state index contributed by atoms with van der Waals surface area (Å²) >= 11 is 5.84. The maximum Gasteiger partial charge on any atom is 0.321 e. The molecule has 3 rings (SSSR count). The number of carbonyl (C=O) groups excluding carboxylic acids is 2. The van der Waals surface area contributed by atoms with Crippen molar-refractivity contribution in [1.82, 2.24) is 10.6 Å². The zero-order valence-corrected chi connectivity index (χ0v) is 12.3. The molecule has 112 valence electrons. The lowest BCUT2D eigenvalue weighted by molar-refractivity contribution is -0.121. The maximum atomic E-state index is 11.4. The Hall–Kier alpha value is -2.53. The molecule has 0 aromatic heterocycles. The van der Waals surface area contributed by atoms with Crippen molar-refractivity contribution >= 4 is 23.5 Å². The molecule has 2 aromatic rings. The van der Waals surface area contributed by atoms with Crippen LogP contribution in [0.15, 0.2) is 48.5 Å². The van der Waals surface area contributed by atoms with Crippen molar-refractivity contribution in [3.8, 4) is 11.5 Å². The summed E-state index contributed by atoms with van der Waals surface area (Å²) in [6.07, 6.45) is 0.205. The maximum absolute atomic E-state index is 11.4. The van der Waals surface area contributed by atoms with Crippen LogP contribution >= 0.6 is 11.6 Å². The summed E-state index contributed by atoms with van der Waals surface area (Å²) in [7, 11) is 0. The zero-order chi connectivity index (χ0) is 15.5. The van der Waals surface area contributed by atoms with E-state index >= 15 is 0 Å². The molecule has 1 aliphatic heterocycles. The largest absolute Gasteiger partial charge is 0.457 e. The first-order valence-electron chi connectivity index (χ1n) is 6.74. The Balaban J connectivity index is 1.78. The van der Waals surface area contributed by atoms with Gasteiger partial charge in [0.25, 0.3) is 0 Å². The predicted octanol–water partition coefficient (Wildman–Crippen LogP) is 3.40. The van der Waals surface area contributed by atoms with Gasteiger partial charge in [0.05, 0.1) is 12.5 Å². The minimum absolute atomic E-state index is 0.205. The molecule has 0 bridgehead atoms. The van der Waals surface area contributed by atoms with Gasteiger partial charge in [-0.05, 0) is 42.0 Å². The Bertz CT molecular complexity index is 700. The highest BCUT2D eigenvalue weighted by Crippen LogP contribution is 2.27. The number of rotatable bonds is 3. The Kier molecular flexibility index (Phi) is 3.98. The Morgan fingerprint density at radius 1 is 1.05 bits per heavy atom. The van der Waals surface area contributed by atoms with Crippen molar-refractivity contribution < 1.29 is 14.3 Å². The summed E-state index contributed by atoms with van der Waals surface area (Å²) in [4.78, 5) is 22.8. The summed E-state index contributed by atoms with van der Waals surface area (Å²) < 4.78 is 5.75. The molecule has 1 atom stereocenters. The molecular formula is C16H13ClN2O3. The van der Waals surface area contributed by atoms with Crippen LogP contribution in [-0.2, 0) is 4.79 Å². The third-order valence-electron chi connectivity index (χ3n) is 3.26. The molecule has 6 heteroatoms. The smallest absolute Gasteiger partial charge is 0.321 e. The number of carbonyl (C=O) groups is 2. The lowest BCUT2D eigenvalue weighted by Gasteiger charge is -2.23. The van der Waals surface area contributed by atoms with E-state index in [-0.39, 0.29) is 18.4 Å². The van der Waals surface area contributed by atoms with Crippen LogP contribution in [0.2, 0.25) is 5.02 Å². The second kappa shape index (κ2) is 6.07. The minimum Gasteiger partial charge on any atom is -0.457 e. The van der Waals surface area contributed by atoms with E-state index in [1.54, 1.807) is 30.3 Å². The van der Waals surface area contributed by atoms with Gasteiger partial charge in [-0.15, -0.1) is 0 Å². The first kappa shape index (κ1) is 14.4. The summed E-state index contributed by atoms with van der Waals surface area (Å²) in [6.45, 7) is 0. The standard InChI is InChI=1S/C16H13ClN2O3/c17-11-4-6-12(7-5-11)22-13-3-1-2-10(8-13)14-9-15(20)19-16(21)18-14/h1-8,14H,9H2,(H2,18,19,20,21). The second-order valence-corrected chi connectivity index (χ2v) is 5.34. The third kappa shape index (κ3) is 3.38. The van der Waals surface area contributed by atoms with Crippen LogP contribution < -0.4 is 15.4 Å². The molecule has 22 heavy (non-hydrogen) atoms. The van der Waals surface area contributed by atoms with Gasteiger partial charge in [0, 0.05) is 5.02 Å². The number of hydrogen-bond acceptors (Lipinski definition) is 3. The molecule has 1 fully saturated rings. The van der Waals surface area contributed by atoms with Crippen LogP contribution in [0.4, 0.5) is 4.79 Å². The van der Waals surface area contributed by atoms with Gasteiger partial charge in [0.1, 0.15) is 11.5 Å². The van der Waals surface area contributed by atoms with Gasteiger partial charge in [0.15, 0.2) is 0 Å². The van der Waals surface area contributed by atoms with Crippen molar-refractivity contribution in [3.63, 3.8) is 0 Å². The van der Waals surface area contributed by atoms with E-state index in [1.807, 2.05) is 18.2 Å². The van der Waals surface area contributed by atoms with E-state index in [0.29, 0.717) is 16.5 Å². The predicted molar refractivity (Wildman–Crippen MR) is 82.0 cm³/mol. The van der Waals surface area contributed by atoms with Crippen molar-refractivity contribution in [2.75, 3.05) is 0 Å². The molecule has 2 aromatic carbocycles. The van der Waals surface area contributed by atoms with E-state index in [9.17, 15) is 9.59 Å². The number of amides is 3. The molecule has 0 aliphatic carbocycles. The van der Waals surface area contributed by atoms with Gasteiger partial charge in [-0.3, -0.25) is 10.1 Å². The van der Waals surface area contributed by atoms with Crippen LogP contribution in [-0.4, -0.2) is 11.9 Å². The molecular weight excluding hydrogens is 304 g/mol. The van der Waals surface area contributed by atoms with Gasteiger partial charge in [-0.25, -0.2) is 4.79 Å². The highest BCUT2D eigenvalue weighted by Gasteiger charge is 2.25. The normalized spacial score (nSPS) is 17.6. The Labute approximate surface area is 132 Å². The lowest BCUT2D eigenvalue weighted by Crippen LogP contribution is -2.48. The van der Waals surface area contributed by atoms with Gasteiger partial charge in [0.2, 0.25) is 5.91 Å². The molecule has 3 amide bonds.